The van der Waals surface area contributed by atoms with E-state index in [-0.39, 0.29) is 36.4 Å². The normalized spacial score (nSPS) is 18.4. The Hall–Kier alpha value is -3.09. The molecule has 0 radical (unpaired) electrons. The Morgan fingerprint density at radius 3 is 2.52 bits per heavy atom. The van der Waals surface area contributed by atoms with E-state index in [0.717, 1.165) is 37.1 Å². The van der Waals surface area contributed by atoms with Crippen molar-refractivity contribution in [2.24, 2.45) is 0 Å². The summed E-state index contributed by atoms with van der Waals surface area (Å²) in [5.74, 6) is -0.266. The maximum absolute atomic E-state index is 12.9. The van der Waals surface area contributed by atoms with Crippen molar-refractivity contribution in [2.45, 2.75) is 38.3 Å². The molecule has 2 aromatic rings. The Morgan fingerprint density at radius 1 is 1.03 bits per heavy atom. The molecule has 1 fully saturated rings. The Morgan fingerprint density at radius 2 is 1.79 bits per heavy atom. The van der Waals surface area contributed by atoms with Crippen LogP contribution in [0.15, 0.2) is 47.1 Å². The third kappa shape index (κ3) is 4.18. The minimum absolute atomic E-state index is 0.0697. The number of nitrogens with zero attached hydrogens (tertiary/aromatic N) is 2. The number of hydrogen-bond acceptors (Lipinski definition) is 4. The van der Waals surface area contributed by atoms with E-state index in [1.165, 1.54) is 6.26 Å². The number of carbonyl (C=O) groups excluding carboxylic acids is 3. The molecular formula is C22H25N3O4. The highest BCUT2D eigenvalue weighted by atomic mass is 16.3. The van der Waals surface area contributed by atoms with Crippen LogP contribution < -0.4 is 5.32 Å². The van der Waals surface area contributed by atoms with Crippen LogP contribution in [0.1, 0.15) is 40.9 Å². The summed E-state index contributed by atoms with van der Waals surface area (Å²) in [4.78, 5) is 41.5. The Bertz CT molecular complexity index is 887. The first-order valence-corrected chi connectivity index (χ1v) is 10.1. The van der Waals surface area contributed by atoms with Gasteiger partial charge in [-0.2, -0.15) is 0 Å². The number of likely N-dealkylation sites (tertiary alicyclic amines) is 1. The van der Waals surface area contributed by atoms with Crippen molar-refractivity contribution in [3.63, 3.8) is 0 Å². The van der Waals surface area contributed by atoms with Crippen LogP contribution in [0, 0.1) is 0 Å². The van der Waals surface area contributed by atoms with Gasteiger partial charge in [0.15, 0.2) is 5.76 Å². The fourth-order valence-corrected chi connectivity index (χ4v) is 4.05. The zero-order chi connectivity index (χ0) is 20.2. The highest BCUT2D eigenvalue weighted by molar-refractivity contribution is 5.96. The third-order valence-corrected chi connectivity index (χ3v) is 5.64. The zero-order valence-corrected chi connectivity index (χ0v) is 16.3. The number of nitrogens with one attached hydrogen (secondary N) is 1. The standard InChI is InChI=1S/C22H25N3O4/c26-20(24-11-3-4-12-24)9-10-23-21(27)18-14-16-6-1-2-7-17(16)15-25(18)22(28)19-8-5-13-29-19/h1-2,5-8,13,18H,3-4,9-12,14-15H2,(H,23,27). The summed E-state index contributed by atoms with van der Waals surface area (Å²) in [6.07, 6.45) is 4.26. The van der Waals surface area contributed by atoms with Crippen LogP contribution in [0.5, 0.6) is 0 Å². The minimum atomic E-state index is -0.635. The molecule has 7 nitrogen and oxygen atoms in total. The van der Waals surface area contributed by atoms with E-state index in [9.17, 15) is 14.4 Å². The maximum Gasteiger partial charge on any atom is 0.290 e. The maximum atomic E-state index is 12.9. The third-order valence-electron chi connectivity index (χ3n) is 5.64. The molecule has 0 bridgehead atoms. The van der Waals surface area contributed by atoms with Crippen molar-refractivity contribution < 1.29 is 18.8 Å². The molecule has 1 aromatic heterocycles. The molecule has 0 aliphatic carbocycles. The number of benzene rings is 1. The van der Waals surface area contributed by atoms with Gasteiger partial charge in [-0.15, -0.1) is 0 Å². The monoisotopic (exact) mass is 395 g/mol. The van der Waals surface area contributed by atoms with E-state index in [1.54, 1.807) is 17.0 Å². The zero-order valence-electron chi connectivity index (χ0n) is 16.3. The lowest BCUT2D eigenvalue weighted by molar-refractivity contribution is -0.130. The van der Waals surface area contributed by atoms with Crippen molar-refractivity contribution in [1.29, 1.82) is 0 Å². The van der Waals surface area contributed by atoms with E-state index in [0.29, 0.717) is 13.0 Å². The summed E-state index contributed by atoms with van der Waals surface area (Å²) in [5.41, 5.74) is 2.09. The number of hydrogen-bond donors (Lipinski definition) is 1. The molecule has 1 N–H and O–H groups in total. The molecule has 0 spiro atoms. The van der Waals surface area contributed by atoms with E-state index in [2.05, 4.69) is 5.32 Å². The van der Waals surface area contributed by atoms with Gasteiger partial charge in [0, 0.05) is 39.0 Å². The summed E-state index contributed by atoms with van der Waals surface area (Å²) in [6, 6.07) is 10.5. The van der Waals surface area contributed by atoms with Gasteiger partial charge in [0.1, 0.15) is 6.04 Å². The van der Waals surface area contributed by atoms with Crippen LogP contribution >= 0.6 is 0 Å². The second kappa shape index (κ2) is 8.51. The number of carbonyl (C=O) groups is 3. The van der Waals surface area contributed by atoms with Crippen molar-refractivity contribution in [3.05, 3.63) is 59.5 Å². The molecule has 3 heterocycles. The molecule has 1 saturated heterocycles. The smallest absolute Gasteiger partial charge is 0.290 e. The van der Waals surface area contributed by atoms with Gasteiger partial charge in [-0.25, -0.2) is 0 Å². The van der Waals surface area contributed by atoms with Crippen LogP contribution in [-0.4, -0.2) is 53.2 Å². The molecule has 1 aromatic carbocycles. The largest absolute Gasteiger partial charge is 0.459 e. The van der Waals surface area contributed by atoms with Gasteiger partial charge in [-0.05, 0) is 36.1 Å². The molecule has 152 valence electrons. The van der Waals surface area contributed by atoms with Crippen molar-refractivity contribution >= 4 is 17.7 Å². The van der Waals surface area contributed by atoms with Crippen LogP contribution in [-0.2, 0) is 22.6 Å². The molecule has 29 heavy (non-hydrogen) atoms. The second-order valence-corrected chi connectivity index (χ2v) is 7.53. The predicted octanol–water partition coefficient (Wildman–Crippen LogP) is 1.98. The van der Waals surface area contributed by atoms with E-state index < -0.39 is 6.04 Å². The predicted molar refractivity (Wildman–Crippen MR) is 106 cm³/mol. The Labute approximate surface area is 169 Å². The van der Waals surface area contributed by atoms with Gasteiger partial charge in [-0.1, -0.05) is 24.3 Å². The lowest BCUT2D eigenvalue weighted by Crippen LogP contribution is -2.52. The average molecular weight is 395 g/mol. The van der Waals surface area contributed by atoms with Crippen molar-refractivity contribution in [2.75, 3.05) is 19.6 Å². The van der Waals surface area contributed by atoms with Crippen LogP contribution in [0.4, 0.5) is 0 Å². The SMILES string of the molecule is O=C(NCCC(=O)N1CCCC1)C1Cc2ccccc2CN1C(=O)c1ccco1. The van der Waals surface area contributed by atoms with Crippen LogP contribution in [0.3, 0.4) is 0 Å². The van der Waals surface area contributed by atoms with Gasteiger partial charge in [0.05, 0.1) is 6.26 Å². The molecule has 4 rings (SSSR count). The minimum Gasteiger partial charge on any atom is -0.459 e. The van der Waals surface area contributed by atoms with Crippen LogP contribution in [0.25, 0.3) is 0 Å². The first kappa shape index (κ1) is 19.2. The van der Waals surface area contributed by atoms with Gasteiger partial charge in [-0.3, -0.25) is 14.4 Å². The molecule has 2 aliphatic rings. The first-order chi connectivity index (χ1) is 14.1. The molecule has 7 heteroatoms. The summed E-state index contributed by atoms with van der Waals surface area (Å²) < 4.78 is 5.26. The van der Waals surface area contributed by atoms with Crippen molar-refractivity contribution in [3.8, 4) is 0 Å². The van der Waals surface area contributed by atoms with Crippen molar-refractivity contribution in [1.82, 2.24) is 15.1 Å². The number of rotatable bonds is 5. The highest BCUT2D eigenvalue weighted by Crippen LogP contribution is 2.25. The van der Waals surface area contributed by atoms with E-state index in [4.69, 9.17) is 4.42 Å². The molecular weight excluding hydrogens is 370 g/mol. The summed E-state index contributed by atoms with van der Waals surface area (Å²) in [6.45, 7) is 2.23. The van der Waals surface area contributed by atoms with Gasteiger partial charge < -0.3 is 19.5 Å². The molecule has 0 saturated carbocycles. The first-order valence-electron chi connectivity index (χ1n) is 10.1. The van der Waals surface area contributed by atoms with E-state index in [1.807, 2.05) is 29.2 Å². The van der Waals surface area contributed by atoms with Crippen LogP contribution in [0.2, 0.25) is 0 Å². The quantitative estimate of drug-likeness (QED) is 0.839. The van der Waals surface area contributed by atoms with Gasteiger partial charge in [0.25, 0.3) is 5.91 Å². The number of fused-ring (bicyclic) bond motifs is 1. The Kier molecular flexibility index (Phi) is 5.64. The number of amides is 3. The lowest BCUT2D eigenvalue weighted by atomic mass is 9.93. The van der Waals surface area contributed by atoms with Gasteiger partial charge in [0.2, 0.25) is 11.8 Å². The molecule has 1 atom stereocenters. The fraction of sp³-hybridized carbons (Fsp3) is 0.409. The molecule has 3 amide bonds. The highest BCUT2D eigenvalue weighted by Gasteiger charge is 2.35. The topological polar surface area (TPSA) is 82.9 Å². The average Bonchev–Trinajstić information content (AvgIpc) is 3.46. The van der Waals surface area contributed by atoms with E-state index >= 15 is 0 Å². The van der Waals surface area contributed by atoms with Gasteiger partial charge >= 0.3 is 0 Å². The molecule has 1 unspecified atom stereocenters. The summed E-state index contributed by atoms with van der Waals surface area (Å²) >= 11 is 0. The fourth-order valence-electron chi connectivity index (χ4n) is 4.05. The summed E-state index contributed by atoms with van der Waals surface area (Å²) in [7, 11) is 0. The Balaban J connectivity index is 1.44. The summed E-state index contributed by atoms with van der Waals surface area (Å²) in [5, 5.41) is 2.86. The lowest BCUT2D eigenvalue weighted by Gasteiger charge is -2.35. The molecule has 2 aliphatic heterocycles. The second-order valence-electron chi connectivity index (χ2n) is 7.53. The number of furan rings is 1.